The average Bonchev–Trinajstić information content (AvgIpc) is 3.38. The maximum Gasteiger partial charge on any atom is -0.0171 e. The van der Waals surface area contributed by atoms with Gasteiger partial charge < -0.3 is 0 Å². The van der Waals surface area contributed by atoms with Crippen molar-refractivity contribution in [2.45, 2.75) is 71.6 Å². The lowest BCUT2D eigenvalue weighted by Crippen LogP contribution is -2.16. The van der Waals surface area contributed by atoms with Crippen molar-refractivity contribution in [3.63, 3.8) is 0 Å². The van der Waals surface area contributed by atoms with Crippen LogP contribution in [0.25, 0.3) is 0 Å². The first-order valence-corrected chi connectivity index (χ1v) is 10.7. The van der Waals surface area contributed by atoms with Crippen LogP contribution in [0.1, 0.15) is 71.6 Å². The summed E-state index contributed by atoms with van der Waals surface area (Å²) in [7, 11) is 0. The molecule has 0 aromatic heterocycles. The Balaban J connectivity index is 0.000000110. The van der Waals surface area contributed by atoms with E-state index in [1.165, 1.54) is 44.9 Å². The molecule has 0 aromatic rings. The molecule has 4 bridgehead atoms. The van der Waals surface area contributed by atoms with Crippen LogP contribution < -0.4 is 0 Å². The molecule has 0 aliphatic heterocycles. The predicted molar refractivity (Wildman–Crippen MR) is 106 cm³/mol. The van der Waals surface area contributed by atoms with Crippen molar-refractivity contribution in [1.29, 1.82) is 0 Å². The molecule has 0 aromatic carbocycles. The topological polar surface area (TPSA) is 0 Å². The number of hydrogen-bond donors (Lipinski definition) is 0. The molecule has 7 atom stereocenters. The molecule has 24 heavy (non-hydrogen) atoms. The van der Waals surface area contributed by atoms with Gasteiger partial charge in [-0.15, -0.1) is 6.58 Å². The summed E-state index contributed by atoms with van der Waals surface area (Å²) < 4.78 is 0. The molecule has 5 aliphatic carbocycles. The van der Waals surface area contributed by atoms with Gasteiger partial charge >= 0.3 is 0 Å². The molecule has 0 heteroatoms. The van der Waals surface area contributed by atoms with Crippen molar-refractivity contribution in [2.24, 2.45) is 41.4 Å². The Morgan fingerprint density at radius 3 is 2.38 bits per heavy atom. The van der Waals surface area contributed by atoms with Gasteiger partial charge in [-0.2, -0.15) is 0 Å². The van der Waals surface area contributed by atoms with E-state index in [1.54, 1.807) is 12.8 Å². The van der Waals surface area contributed by atoms with Crippen molar-refractivity contribution in [3.05, 3.63) is 37.0 Å². The van der Waals surface area contributed by atoms with E-state index in [1.807, 2.05) is 6.08 Å². The third kappa shape index (κ3) is 4.06. The van der Waals surface area contributed by atoms with Crippen LogP contribution in [0.2, 0.25) is 0 Å². The Morgan fingerprint density at radius 2 is 1.88 bits per heavy atom. The van der Waals surface area contributed by atoms with Gasteiger partial charge in [0.2, 0.25) is 0 Å². The molecule has 3 fully saturated rings. The number of unbranched alkanes of at least 4 members (excludes halogenated alkanes) is 2. The minimum atomic E-state index is 0.958. The van der Waals surface area contributed by atoms with Crippen molar-refractivity contribution < 1.29 is 0 Å². The van der Waals surface area contributed by atoms with Gasteiger partial charge in [-0.3, -0.25) is 0 Å². The second kappa shape index (κ2) is 8.54. The smallest absolute Gasteiger partial charge is 0.0171 e. The Bertz CT molecular complexity index is 457. The largest absolute Gasteiger partial charge is 0.103 e. The van der Waals surface area contributed by atoms with Crippen LogP contribution in [0.15, 0.2) is 37.0 Å². The zero-order chi connectivity index (χ0) is 16.9. The minimum Gasteiger partial charge on any atom is -0.103 e. The molecule has 7 unspecified atom stereocenters. The summed E-state index contributed by atoms with van der Waals surface area (Å²) in [6, 6.07) is 0. The molecule has 0 amide bonds. The molecule has 5 rings (SSSR count). The second-order valence-corrected chi connectivity index (χ2v) is 8.93. The van der Waals surface area contributed by atoms with Gasteiger partial charge in [-0.25, -0.2) is 0 Å². The molecule has 5 aliphatic rings. The highest BCUT2D eigenvalue weighted by Crippen LogP contribution is 2.56. The summed E-state index contributed by atoms with van der Waals surface area (Å²) in [5.41, 5.74) is 0. The highest BCUT2D eigenvalue weighted by atomic mass is 14.5. The molecule has 0 heterocycles. The van der Waals surface area contributed by atoms with E-state index >= 15 is 0 Å². The monoisotopic (exact) mass is 326 g/mol. The summed E-state index contributed by atoms with van der Waals surface area (Å²) in [5, 5.41) is 0. The standard InChI is InChI=1S/C10H14.C8H12.C6H12/c1-2-9-7-4-5-8(6-7)10(9)3-1;1-6-4-7-2-3-8(6)5-7;1-3-5-6-4-2/h1-2,7-10H,3-6H2;2-3,6-8H,4-5H2,1H3;3H,1,4-6H2,2H3. The third-order valence-corrected chi connectivity index (χ3v) is 7.30. The lowest BCUT2D eigenvalue weighted by Gasteiger charge is -2.23. The van der Waals surface area contributed by atoms with Gasteiger partial charge in [0.25, 0.3) is 0 Å². The minimum absolute atomic E-state index is 0.958. The van der Waals surface area contributed by atoms with Crippen LogP contribution in [0.5, 0.6) is 0 Å². The fraction of sp³-hybridized carbons (Fsp3) is 0.750. The van der Waals surface area contributed by atoms with Gasteiger partial charge in [0.05, 0.1) is 0 Å². The van der Waals surface area contributed by atoms with Crippen LogP contribution in [-0.2, 0) is 0 Å². The third-order valence-electron chi connectivity index (χ3n) is 7.30. The average molecular weight is 327 g/mol. The van der Waals surface area contributed by atoms with Gasteiger partial charge in [-0.1, -0.05) is 57.1 Å². The highest BCUT2D eigenvalue weighted by Gasteiger charge is 2.47. The van der Waals surface area contributed by atoms with Crippen LogP contribution in [0, 0.1) is 41.4 Å². The van der Waals surface area contributed by atoms with E-state index in [2.05, 4.69) is 44.7 Å². The van der Waals surface area contributed by atoms with Crippen LogP contribution >= 0.6 is 0 Å². The van der Waals surface area contributed by atoms with E-state index in [0.29, 0.717) is 0 Å². The summed E-state index contributed by atoms with van der Waals surface area (Å²) in [5.74, 6) is 7.27. The van der Waals surface area contributed by atoms with Crippen molar-refractivity contribution in [3.8, 4) is 0 Å². The van der Waals surface area contributed by atoms with Crippen LogP contribution in [-0.4, -0.2) is 0 Å². The van der Waals surface area contributed by atoms with E-state index in [0.717, 1.165) is 41.4 Å². The quantitative estimate of drug-likeness (QED) is 0.380. The molecule has 0 radical (unpaired) electrons. The Labute approximate surface area is 150 Å². The molecular formula is C24H38. The highest BCUT2D eigenvalue weighted by molar-refractivity contribution is 5.12. The Hall–Kier alpha value is -0.780. The first kappa shape index (κ1) is 18.0. The number of fused-ring (bicyclic) bond motifs is 7. The maximum absolute atomic E-state index is 3.60. The molecular weight excluding hydrogens is 288 g/mol. The van der Waals surface area contributed by atoms with Crippen molar-refractivity contribution in [2.75, 3.05) is 0 Å². The molecule has 0 spiro atoms. The van der Waals surface area contributed by atoms with Gasteiger partial charge in [0.15, 0.2) is 0 Å². The first-order chi connectivity index (χ1) is 11.7. The fourth-order valence-corrected chi connectivity index (χ4v) is 5.90. The van der Waals surface area contributed by atoms with E-state index in [9.17, 15) is 0 Å². The van der Waals surface area contributed by atoms with Crippen molar-refractivity contribution in [1.82, 2.24) is 0 Å². The summed E-state index contributed by atoms with van der Waals surface area (Å²) >= 11 is 0. The molecule has 0 nitrogen and oxygen atoms in total. The zero-order valence-electron chi connectivity index (χ0n) is 16.0. The fourth-order valence-electron chi connectivity index (χ4n) is 5.90. The van der Waals surface area contributed by atoms with Gasteiger partial charge in [0.1, 0.15) is 0 Å². The number of allylic oxidation sites excluding steroid dienone is 5. The van der Waals surface area contributed by atoms with Crippen LogP contribution in [0.4, 0.5) is 0 Å². The summed E-state index contributed by atoms with van der Waals surface area (Å²) in [4.78, 5) is 0. The molecule has 0 N–H and O–H groups in total. The summed E-state index contributed by atoms with van der Waals surface area (Å²) in [6.07, 6.45) is 24.4. The van der Waals surface area contributed by atoms with E-state index in [-0.39, 0.29) is 0 Å². The lowest BCUT2D eigenvalue weighted by molar-refractivity contribution is 0.285. The van der Waals surface area contributed by atoms with Crippen LogP contribution in [0.3, 0.4) is 0 Å². The Kier molecular flexibility index (Phi) is 6.42. The SMILES string of the molecule is C1=CC2C3CCC(C3)C2C1.C=CCCCC.CC1CC2C=CC1C2. The normalized spacial score (nSPS) is 42.3. The van der Waals surface area contributed by atoms with Crippen molar-refractivity contribution >= 4 is 0 Å². The maximum atomic E-state index is 3.60. The summed E-state index contributed by atoms with van der Waals surface area (Å²) in [6.45, 7) is 8.15. The van der Waals surface area contributed by atoms with E-state index < -0.39 is 0 Å². The predicted octanol–water partition coefficient (Wildman–Crippen LogP) is 7.19. The number of rotatable bonds is 3. The zero-order valence-corrected chi connectivity index (χ0v) is 16.0. The first-order valence-electron chi connectivity index (χ1n) is 10.7. The van der Waals surface area contributed by atoms with Gasteiger partial charge in [0, 0.05) is 0 Å². The Morgan fingerprint density at radius 1 is 1.04 bits per heavy atom. The van der Waals surface area contributed by atoms with E-state index in [4.69, 9.17) is 0 Å². The molecule has 3 saturated carbocycles. The lowest BCUT2D eigenvalue weighted by atomic mass is 9.82. The number of hydrogen-bond acceptors (Lipinski definition) is 0. The van der Waals surface area contributed by atoms with Gasteiger partial charge in [-0.05, 0) is 86.4 Å². The molecule has 134 valence electrons. The second-order valence-electron chi connectivity index (χ2n) is 8.93. The molecule has 0 saturated heterocycles.